The summed E-state index contributed by atoms with van der Waals surface area (Å²) in [6.07, 6.45) is 0.143. The lowest BCUT2D eigenvalue weighted by Crippen LogP contribution is -2.26. The molecule has 22 heavy (non-hydrogen) atoms. The van der Waals surface area contributed by atoms with Gasteiger partial charge in [-0.3, -0.25) is 9.59 Å². The van der Waals surface area contributed by atoms with Gasteiger partial charge in [-0.2, -0.15) is 4.37 Å². The van der Waals surface area contributed by atoms with Crippen molar-refractivity contribution < 1.29 is 4.79 Å². The molecule has 2 heterocycles. The first-order chi connectivity index (χ1) is 10.6. The van der Waals surface area contributed by atoms with E-state index in [-0.39, 0.29) is 24.4 Å². The van der Waals surface area contributed by atoms with Crippen LogP contribution in [0.25, 0.3) is 10.9 Å². The monoisotopic (exact) mass is 315 g/mol. The average molecular weight is 315 g/mol. The van der Waals surface area contributed by atoms with Gasteiger partial charge in [0, 0.05) is 6.42 Å². The Hall–Kier alpha value is -2.61. The SMILES string of the molecule is Cc1cc(NC(=O)CCn2nnc3ccccc3c2=O)sn1. The van der Waals surface area contributed by atoms with E-state index < -0.39 is 0 Å². The summed E-state index contributed by atoms with van der Waals surface area (Å²) in [5, 5.41) is 11.8. The number of carbonyl (C=O) groups is 1. The summed E-state index contributed by atoms with van der Waals surface area (Å²) in [7, 11) is 0. The number of hydrogen-bond acceptors (Lipinski definition) is 6. The van der Waals surface area contributed by atoms with Crippen molar-refractivity contribution in [3.63, 3.8) is 0 Å². The van der Waals surface area contributed by atoms with Crippen LogP contribution in [0.15, 0.2) is 35.1 Å². The van der Waals surface area contributed by atoms with Crippen LogP contribution in [0.4, 0.5) is 5.00 Å². The molecular weight excluding hydrogens is 302 g/mol. The van der Waals surface area contributed by atoms with Crippen LogP contribution in [-0.4, -0.2) is 25.3 Å². The van der Waals surface area contributed by atoms with Gasteiger partial charge in [0.1, 0.15) is 10.5 Å². The highest BCUT2D eigenvalue weighted by atomic mass is 32.1. The molecule has 0 saturated carbocycles. The summed E-state index contributed by atoms with van der Waals surface area (Å²) in [4.78, 5) is 24.1. The maximum Gasteiger partial charge on any atom is 0.277 e. The first kappa shape index (κ1) is 14.3. The molecule has 0 spiro atoms. The van der Waals surface area contributed by atoms with Crippen LogP contribution in [0.1, 0.15) is 12.1 Å². The Bertz CT molecular complexity index is 886. The normalized spacial score (nSPS) is 10.8. The lowest BCUT2D eigenvalue weighted by atomic mass is 10.2. The third kappa shape index (κ3) is 3.01. The highest BCUT2D eigenvalue weighted by Crippen LogP contribution is 2.15. The smallest absolute Gasteiger partial charge is 0.277 e. The van der Waals surface area contributed by atoms with Gasteiger partial charge in [0.25, 0.3) is 5.56 Å². The Morgan fingerprint density at radius 2 is 2.18 bits per heavy atom. The average Bonchev–Trinajstić information content (AvgIpc) is 2.92. The predicted octanol–water partition coefficient (Wildman–Crippen LogP) is 1.59. The molecule has 0 aliphatic carbocycles. The van der Waals surface area contributed by atoms with Crippen molar-refractivity contribution in [1.82, 2.24) is 19.4 Å². The van der Waals surface area contributed by atoms with Gasteiger partial charge in [0.05, 0.1) is 17.6 Å². The fourth-order valence-corrected chi connectivity index (χ4v) is 2.68. The molecule has 7 nitrogen and oxygen atoms in total. The molecule has 1 N–H and O–H groups in total. The van der Waals surface area contributed by atoms with Crippen LogP contribution >= 0.6 is 11.5 Å². The fraction of sp³-hybridized carbons (Fsp3) is 0.214. The molecule has 112 valence electrons. The topological polar surface area (TPSA) is 89.8 Å². The molecule has 0 aliphatic heterocycles. The van der Waals surface area contributed by atoms with Crippen LogP contribution in [0.3, 0.4) is 0 Å². The second kappa shape index (κ2) is 6.02. The molecule has 8 heteroatoms. The first-order valence-electron chi connectivity index (χ1n) is 6.69. The Balaban J connectivity index is 1.70. The summed E-state index contributed by atoms with van der Waals surface area (Å²) in [6, 6.07) is 8.79. The minimum absolute atomic E-state index is 0.143. The predicted molar refractivity (Wildman–Crippen MR) is 83.9 cm³/mol. The lowest BCUT2D eigenvalue weighted by molar-refractivity contribution is -0.116. The van der Waals surface area contributed by atoms with Crippen LogP contribution in [0.2, 0.25) is 0 Å². The number of aromatic nitrogens is 4. The van der Waals surface area contributed by atoms with Gasteiger partial charge < -0.3 is 5.32 Å². The van der Waals surface area contributed by atoms with Gasteiger partial charge in [-0.25, -0.2) is 4.68 Å². The standard InChI is InChI=1S/C14H13N5O2S/c1-9-8-13(22-17-9)15-12(20)6-7-19-14(21)10-4-2-3-5-11(10)16-18-19/h2-5,8H,6-7H2,1H3,(H,15,20). The molecular formula is C14H13N5O2S. The molecule has 3 rings (SSSR count). The molecule has 0 fully saturated rings. The summed E-state index contributed by atoms with van der Waals surface area (Å²) < 4.78 is 5.29. The van der Waals surface area contributed by atoms with E-state index in [2.05, 4.69) is 20.0 Å². The van der Waals surface area contributed by atoms with Gasteiger partial charge in [-0.05, 0) is 36.7 Å². The van der Waals surface area contributed by atoms with Crippen LogP contribution in [0.5, 0.6) is 0 Å². The van der Waals surface area contributed by atoms with E-state index in [9.17, 15) is 9.59 Å². The van der Waals surface area contributed by atoms with Gasteiger partial charge in [0.2, 0.25) is 5.91 Å². The molecule has 0 saturated heterocycles. The van der Waals surface area contributed by atoms with Gasteiger partial charge in [0.15, 0.2) is 0 Å². The van der Waals surface area contributed by atoms with E-state index in [1.807, 2.05) is 6.92 Å². The van der Waals surface area contributed by atoms with E-state index in [1.54, 1.807) is 30.3 Å². The highest BCUT2D eigenvalue weighted by Gasteiger charge is 2.09. The van der Waals surface area contributed by atoms with Gasteiger partial charge in [-0.15, -0.1) is 5.10 Å². The zero-order chi connectivity index (χ0) is 15.5. The van der Waals surface area contributed by atoms with Crippen molar-refractivity contribution in [1.29, 1.82) is 0 Å². The highest BCUT2D eigenvalue weighted by molar-refractivity contribution is 7.10. The summed E-state index contributed by atoms with van der Waals surface area (Å²) in [5.41, 5.74) is 1.16. The third-order valence-corrected chi connectivity index (χ3v) is 3.87. The van der Waals surface area contributed by atoms with Crippen molar-refractivity contribution in [3.05, 3.63) is 46.4 Å². The van der Waals surface area contributed by atoms with E-state index in [0.29, 0.717) is 15.9 Å². The molecule has 0 unspecified atom stereocenters. The minimum Gasteiger partial charge on any atom is -0.316 e. The van der Waals surface area contributed by atoms with Crippen LogP contribution in [-0.2, 0) is 11.3 Å². The molecule has 1 amide bonds. The maximum atomic E-state index is 12.2. The number of aryl methyl sites for hydroxylation is 2. The van der Waals surface area contributed by atoms with Gasteiger partial charge >= 0.3 is 0 Å². The number of nitrogens with one attached hydrogen (secondary N) is 1. The van der Waals surface area contributed by atoms with Crippen molar-refractivity contribution in [2.75, 3.05) is 5.32 Å². The largest absolute Gasteiger partial charge is 0.316 e. The molecule has 3 aromatic rings. The van der Waals surface area contributed by atoms with E-state index >= 15 is 0 Å². The van der Waals surface area contributed by atoms with Crippen LogP contribution < -0.4 is 10.9 Å². The first-order valence-corrected chi connectivity index (χ1v) is 7.46. The molecule has 1 aromatic carbocycles. The number of anilines is 1. The van der Waals surface area contributed by atoms with Crippen LogP contribution in [0, 0.1) is 6.92 Å². The molecule has 2 aromatic heterocycles. The van der Waals surface area contributed by atoms with E-state index in [1.165, 1.54) is 16.2 Å². The number of amides is 1. The Morgan fingerprint density at radius 1 is 1.36 bits per heavy atom. The number of rotatable bonds is 4. The van der Waals surface area contributed by atoms with Gasteiger partial charge in [-0.1, -0.05) is 17.3 Å². The van der Waals surface area contributed by atoms with Crippen molar-refractivity contribution in [3.8, 4) is 0 Å². The Labute approximate surface area is 129 Å². The second-order valence-electron chi connectivity index (χ2n) is 4.77. The number of fused-ring (bicyclic) bond motifs is 1. The molecule has 0 aliphatic rings. The molecule has 0 atom stereocenters. The second-order valence-corrected chi connectivity index (χ2v) is 5.57. The molecule has 0 bridgehead atoms. The third-order valence-electron chi connectivity index (χ3n) is 3.07. The zero-order valence-corrected chi connectivity index (χ0v) is 12.6. The maximum absolute atomic E-state index is 12.2. The van der Waals surface area contributed by atoms with Crippen molar-refractivity contribution in [2.24, 2.45) is 0 Å². The molecule has 0 radical (unpaired) electrons. The Morgan fingerprint density at radius 3 is 2.95 bits per heavy atom. The lowest BCUT2D eigenvalue weighted by Gasteiger charge is -2.05. The van der Waals surface area contributed by atoms with E-state index in [0.717, 1.165) is 5.69 Å². The number of nitrogens with zero attached hydrogens (tertiary/aromatic N) is 4. The fourth-order valence-electron chi connectivity index (χ4n) is 2.00. The van der Waals surface area contributed by atoms with Crippen molar-refractivity contribution >= 4 is 33.3 Å². The minimum atomic E-state index is -0.243. The van der Waals surface area contributed by atoms with Crippen molar-refractivity contribution in [2.45, 2.75) is 19.9 Å². The quantitative estimate of drug-likeness (QED) is 0.789. The zero-order valence-electron chi connectivity index (χ0n) is 11.8. The number of carbonyl (C=O) groups excluding carboxylic acids is 1. The number of benzene rings is 1. The summed E-state index contributed by atoms with van der Waals surface area (Å²) in [6.45, 7) is 2.04. The number of hydrogen-bond donors (Lipinski definition) is 1. The van der Waals surface area contributed by atoms with E-state index in [4.69, 9.17) is 0 Å². The Kier molecular flexibility index (Phi) is 3.92. The summed E-state index contributed by atoms with van der Waals surface area (Å²) >= 11 is 1.23. The summed E-state index contributed by atoms with van der Waals surface area (Å²) in [5.74, 6) is -0.189.